The van der Waals surface area contributed by atoms with Crippen molar-refractivity contribution in [1.29, 1.82) is 0 Å². The van der Waals surface area contributed by atoms with Gasteiger partial charge in [0, 0.05) is 12.5 Å². The van der Waals surface area contributed by atoms with Gasteiger partial charge in [-0.2, -0.15) is 4.31 Å². The number of rotatable bonds is 8. The monoisotopic (exact) mass is 421 g/mol. The fraction of sp³-hybridized carbons (Fsp3) is 0.381. The van der Waals surface area contributed by atoms with Crippen LogP contribution in [0.4, 0.5) is 10.1 Å². The van der Waals surface area contributed by atoms with Gasteiger partial charge in [-0.3, -0.25) is 4.79 Å². The van der Waals surface area contributed by atoms with Crippen LogP contribution in [0.3, 0.4) is 0 Å². The molecule has 0 unspecified atom stereocenters. The number of carbonyl (C=O) groups excluding carboxylic acids is 1. The molecule has 0 aliphatic heterocycles. The molecule has 2 rings (SSSR count). The van der Waals surface area contributed by atoms with Gasteiger partial charge in [0.2, 0.25) is 10.0 Å². The zero-order valence-electron chi connectivity index (χ0n) is 16.7. The van der Waals surface area contributed by atoms with Crippen LogP contribution in [0.25, 0.3) is 0 Å². The van der Waals surface area contributed by atoms with Crippen molar-refractivity contribution in [3.63, 3.8) is 0 Å². The molecule has 0 N–H and O–H groups in total. The summed E-state index contributed by atoms with van der Waals surface area (Å²) in [5.74, 6) is 3.78. The lowest BCUT2D eigenvalue weighted by Crippen LogP contribution is -2.38. The van der Waals surface area contributed by atoms with E-state index < -0.39 is 21.7 Å². The molecule has 0 saturated carbocycles. The molecule has 1 aromatic heterocycles. The van der Waals surface area contributed by atoms with Gasteiger partial charge in [-0.1, -0.05) is 26.2 Å². The number of halogens is 1. The summed E-state index contributed by atoms with van der Waals surface area (Å²) >= 11 is 0. The largest absolute Gasteiger partial charge is 0.494 e. The summed E-state index contributed by atoms with van der Waals surface area (Å²) in [4.78, 5) is 13.0. The van der Waals surface area contributed by atoms with E-state index in [4.69, 9.17) is 9.15 Å². The number of hydrogen-bond donors (Lipinski definition) is 0. The van der Waals surface area contributed by atoms with Crippen molar-refractivity contribution in [1.82, 2.24) is 0 Å². The number of amides is 1. The van der Waals surface area contributed by atoms with E-state index in [1.54, 1.807) is 6.92 Å². The predicted octanol–water partition coefficient (Wildman–Crippen LogP) is 4.36. The third-order valence-electron chi connectivity index (χ3n) is 3.98. The van der Waals surface area contributed by atoms with E-state index in [9.17, 15) is 17.6 Å². The Hall–Kier alpha value is -2.79. The van der Waals surface area contributed by atoms with E-state index >= 15 is 0 Å². The number of nitrogens with zero attached hydrogens (tertiary/aromatic N) is 1. The van der Waals surface area contributed by atoms with Crippen molar-refractivity contribution in [3.8, 4) is 17.6 Å². The van der Waals surface area contributed by atoms with E-state index in [1.165, 1.54) is 31.4 Å². The Morgan fingerprint density at radius 3 is 2.59 bits per heavy atom. The minimum atomic E-state index is -4.04. The molecule has 0 aliphatic carbocycles. The number of sulfonamides is 1. The summed E-state index contributed by atoms with van der Waals surface area (Å²) in [7, 11) is -2.75. The van der Waals surface area contributed by atoms with Gasteiger partial charge in [0.15, 0.2) is 23.1 Å². The molecule has 0 fully saturated rings. The Morgan fingerprint density at radius 2 is 1.97 bits per heavy atom. The fourth-order valence-electron chi connectivity index (χ4n) is 2.57. The number of furan rings is 1. The van der Waals surface area contributed by atoms with Crippen molar-refractivity contribution in [2.75, 3.05) is 17.2 Å². The molecule has 156 valence electrons. The second-order valence-electron chi connectivity index (χ2n) is 6.27. The summed E-state index contributed by atoms with van der Waals surface area (Å²) in [5, 5.41) is 0. The van der Waals surface area contributed by atoms with Crippen molar-refractivity contribution in [2.24, 2.45) is 0 Å². The van der Waals surface area contributed by atoms with Crippen LogP contribution in [0.2, 0.25) is 0 Å². The van der Waals surface area contributed by atoms with Crippen LogP contribution in [-0.4, -0.2) is 27.2 Å². The number of benzene rings is 1. The first-order valence-corrected chi connectivity index (χ1v) is 10.9. The van der Waals surface area contributed by atoms with Gasteiger partial charge in [0.05, 0.1) is 18.6 Å². The van der Waals surface area contributed by atoms with Crippen LogP contribution in [-0.2, 0) is 10.0 Å². The standard InChI is InChI=1S/C21H24FNO5S/c1-4-6-7-8-9-17-11-13-20(28-17)21(24)23(29(25,26)14-5-2)16-10-12-19(27-3)18(22)15-16/h10-13,15H,4-7,14H2,1-3H3. The molecule has 0 atom stereocenters. The molecule has 1 heterocycles. The lowest BCUT2D eigenvalue weighted by molar-refractivity contribution is 0.0978. The quantitative estimate of drug-likeness (QED) is 0.468. The molecule has 2 aromatic rings. The number of hydrogen-bond acceptors (Lipinski definition) is 5. The summed E-state index contributed by atoms with van der Waals surface area (Å²) in [6.07, 6.45) is 2.95. The molecule has 8 heteroatoms. The second-order valence-corrected chi connectivity index (χ2v) is 8.21. The lowest BCUT2D eigenvalue weighted by Gasteiger charge is -2.21. The topological polar surface area (TPSA) is 76.8 Å². The average Bonchev–Trinajstić information content (AvgIpc) is 3.14. The highest BCUT2D eigenvalue weighted by Crippen LogP contribution is 2.27. The van der Waals surface area contributed by atoms with Gasteiger partial charge in [-0.15, -0.1) is 0 Å². The van der Waals surface area contributed by atoms with Crippen LogP contribution in [0, 0.1) is 17.7 Å². The maximum atomic E-state index is 14.2. The maximum Gasteiger partial charge on any atom is 0.307 e. The maximum absolute atomic E-state index is 14.2. The number of unbranched alkanes of at least 4 members (excludes halogenated alkanes) is 2. The molecule has 0 bridgehead atoms. The summed E-state index contributed by atoms with van der Waals surface area (Å²) < 4.78 is 50.5. The Kier molecular flexibility index (Phi) is 7.85. The van der Waals surface area contributed by atoms with E-state index in [0.29, 0.717) is 10.7 Å². The van der Waals surface area contributed by atoms with Crippen LogP contribution in [0.1, 0.15) is 55.8 Å². The van der Waals surface area contributed by atoms with E-state index in [1.807, 2.05) is 0 Å². The molecule has 1 aromatic carbocycles. The van der Waals surface area contributed by atoms with Gasteiger partial charge in [-0.25, -0.2) is 12.8 Å². The summed E-state index contributed by atoms with van der Waals surface area (Å²) in [6.45, 7) is 3.73. The van der Waals surface area contributed by atoms with E-state index in [0.717, 1.165) is 18.9 Å². The van der Waals surface area contributed by atoms with Gasteiger partial charge in [-0.05, 0) is 43.0 Å². The number of ether oxygens (including phenoxy) is 1. The first kappa shape index (κ1) is 22.5. The third kappa shape index (κ3) is 5.61. The van der Waals surface area contributed by atoms with Gasteiger partial charge in [0.1, 0.15) is 0 Å². The molecule has 29 heavy (non-hydrogen) atoms. The van der Waals surface area contributed by atoms with Crippen molar-refractivity contribution < 1.29 is 26.8 Å². The van der Waals surface area contributed by atoms with Gasteiger partial charge in [0.25, 0.3) is 0 Å². The molecule has 1 amide bonds. The smallest absolute Gasteiger partial charge is 0.307 e. The third-order valence-corrected chi connectivity index (χ3v) is 5.84. The minimum Gasteiger partial charge on any atom is -0.494 e. The number of carbonyl (C=O) groups is 1. The van der Waals surface area contributed by atoms with Crippen LogP contribution >= 0.6 is 0 Å². The highest BCUT2D eigenvalue weighted by atomic mass is 32.2. The normalized spacial score (nSPS) is 10.9. The second kappa shape index (κ2) is 10.1. The zero-order chi connectivity index (χ0) is 21.4. The number of anilines is 1. The molecule has 0 saturated heterocycles. The Morgan fingerprint density at radius 1 is 1.21 bits per heavy atom. The Balaban J connectivity index is 2.41. The first-order chi connectivity index (χ1) is 13.8. The van der Waals surface area contributed by atoms with E-state index in [-0.39, 0.29) is 35.1 Å². The van der Waals surface area contributed by atoms with Gasteiger partial charge < -0.3 is 9.15 Å². The molecular formula is C21H24FNO5S. The minimum absolute atomic E-state index is 0.0586. The molecule has 0 spiro atoms. The summed E-state index contributed by atoms with van der Waals surface area (Å²) in [5.41, 5.74) is -0.131. The van der Waals surface area contributed by atoms with E-state index in [2.05, 4.69) is 18.8 Å². The van der Waals surface area contributed by atoms with Gasteiger partial charge >= 0.3 is 5.91 Å². The summed E-state index contributed by atoms with van der Waals surface area (Å²) in [6, 6.07) is 6.38. The lowest BCUT2D eigenvalue weighted by atomic mass is 10.2. The van der Waals surface area contributed by atoms with Crippen molar-refractivity contribution in [2.45, 2.75) is 39.5 Å². The molecule has 0 aliphatic rings. The first-order valence-electron chi connectivity index (χ1n) is 9.33. The van der Waals surface area contributed by atoms with Crippen LogP contribution in [0.5, 0.6) is 5.75 Å². The number of methoxy groups -OCH3 is 1. The SMILES string of the molecule is CCCCC#Cc1ccc(C(=O)N(c2ccc(OC)c(F)c2)S(=O)(=O)CCC)o1. The molecular weight excluding hydrogens is 397 g/mol. The van der Waals surface area contributed by atoms with Crippen LogP contribution < -0.4 is 9.04 Å². The van der Waals surface area contributed by atoms with Crippen molar-refractivity contribution >= 4 is 21.6 Å². The zero-order valence-corrected chi connectivity index (χ0v) is 17.5. The highest BCUT2D eigenvalue weighted by molar-refractivity contribution is 7.93. The highest BCUT2D eigenvalue weighted by Gasteiger charge is 2.32. The van der Waals surface area contributed by atoms with Crippen molar-refractivity contribution in [3.05, 3.63) is 47.7 Å². The molecule has 0 radical (unpaired) electrons. The predicted molar refractivity (Wildman–Crippen MR) is 109 cm³/mol. The average molecular weight is 421 g/mol. The molecule has 6 nitrogen and oxygen atoms in total. The van der Waals surface area contributed by atoms with Crippen LogP contribution in [0.15, 0.2) is 34.7 Å². The Bertz CT molecular complexity index is 1020. The Labute approximate surface area is 170 Å². The fourth-order valence-corrected chi connectivity index (χ4v) is 4.05.